The largest absolute Gasteiger partial charge is 0.363 e. The van der Waals surface area contributed by atoms with E-state index in [1.165, 1.54) is 11.3 Å². The number of carbonyl (C=O) groups excluding carboxylic acids is 5. The highest BCUT2D eigenvalue weighted by molar-refractivity contribution is 6.37. The third-order valence-corrected chi connectivity index (χ3v) is 5.85. The summed E-state index contributed by atoms with van der Waals surface area (Å²) in [5.41, 5.74) is 4.72. The Hall–Kier alpha value is -2.65. The average molecular weight is 540 g/mol. The molecule has 0 bridgehead atoms. The second kappa shape index (κ2) is 17.0. The second-order valence-corrected chi connectivity index (χ2v) is 12.1. The number of ketones is 1. The molecule has 10 nitrogen and oxygen atoms in total. The Morgan fingerprint density at radius 3 is 1.95 bits per heavy atom. The van der Waals surface area contributed by atoms with Crippen LogP contribution in [0.4, 0.5) is 4.79 Å². The predicted octanol–water partition coefficient (Wildman–Crippen LogP) is 3.13. The number of nitrogens with two attached hydrogens (primary N) is 1. The van der Waals surface area contributed by atoms with E-state index in [1.54, 1.807) is 0 Å². The number of primary amides is 1. The Kier molecular flexibility index (Phi) is 15.9. The van der Waals surface area contributed by atoms with Gasteiger partial charge < -0.3 is 26.6 Å². The first kappa shape index (κ1) is 35.4. The van der Waals surface area contributed by atoms with E-state index in [4.69, 9.17) is 5.73 Å². The van der Waals surface area contributed by atoms with Crippen LogP contribution in [0.3, 0.4) is 0 Å². The predicted molar refractivity (Wildman–Crippen MR) is 150 cm³/mol. The van der Waals surface area contributed by atoms with E-state index in [0.717, 1.165) is 25.2 Å². The molecular formula is C28H53N5O5. The lowest BCUT2D eigenvalue weighted by Crippen LogP contribution is -2.56. The summed E-state index contributed by atoms with van der Waals surface area (Å²) in [5.74, 6) is -1.77. The van der Waals surface area contributed by atoms with Crippen LogP contribution in [0.5, 0.6) is 0 Å². The number of likely N-dealkylation sites (tertiary alicyclic amines) is 1. The van der Waals surface area contributed by atoms with Gasteiger partial charge in [0.05, 0.1) is 12.6 Å². The van der Waals surface area contributed by atoms with Gasteiger partial charge in [0.25, 0.3) is 5.91 Å². The fourth-order valence-corrected chi connectivity index (χ4v) is 3.99. The molecular weight excluding hydrogens is 486 g/mol. The van der Waals surface area contributed by atoms with Crippen molar-refractivity contribution >= 4 is 29.5 Å². The van der Waals surface area contributed by atoms with E-state index in [9.17, 15) is 24.0 Å². The van der Waals surface area contributed by atoms with Gasteiger partial charge in [-0.15, -0.1) is 0 Å². The highest BCUT2D eigenvalue weighted by Crippen LogP contribution is 2.31. The van der Waals surface area contributed by atoms with E-state index in [-0.39, 0.29) is 24.3 Å². The van der Waals surface area contributed by atoms with Gasteiger partial charge in [-0.3, -0.25) is 19.2 Å². The van der Waals surface area contributed by atoms with E-state index >= 15 is 0 Å². The molecule has 0 aromatic heterocycles. The minimum Gasteiger partial charge on any atom is -0.363 e. The van der Waals surface area contributed by atoms with Crippen molar-refractivity contribution in [3.05, 3.63) is 0 Å². The van der Waals surface area contributed by atoms with Crippen molar-refractivity contribution in [3.63, 3.8) is 0 Å². The van der Waals surface area contributed by atoms with Crippen LogP contribution >= 0.6 is 0 Å². The number of Topliss-reactive ketones (excluding diaryl/α,β-unsaturated/α-hetero) is 1. The van der Waals surface area contributed by atoms with E-state index in [2.05, 4.69) is 50.6 Å². The standard InChI is InChI=1S/C21H35N5O5.C4H10.C3H8/c1-12-8-9-26(15(27)11-23-20(31)25-21(2,3)4)16(12)19(30)24-14(17(28)18(22)29)10-13-6-5-7-13;1-4(2)3;1-3-2/h12-14,16H,5-11H2,1-4H3,(H2,22,29)(H,24,30)(H2,23,25,31);4H,1-3H3;3H2,1-2H3. The molecule has 38 heavy (non-hydrogen) atoms. The number of hydrogen-bond donors (Lipinski definition) is 4. The lowest BCUT2D eigenvalue weighted by Gasteiger charge is -2.31. The quantitative estimate of drug-likeness (QED) is 0.349. The van der Waals surface area contributed by atoms with Gasteiger partial charge in [-0.25, -0.2) is 4.79 Å². The number of rotatable bonds is 8. The van der Waals surface area contributed by atoms with Gasteiger partial charge in [-0.05, 0) is 51.4 Å². The smallest absolute Gasteiger partial charge is 0.315 e. The third-order valence-electron chi connectivity index (χ3n) is 5.85. The van der Waals surface area contributed by atoms with Gasteiger partial charge in [-0.1, -0.05) is 67.2 Å². The Balaban J connectivity index is 0.00000175. The zero-order valence-electron chi connectivity index (χ0n) is 25.1. The summed E-state index contributed by atoms with van der Waals surface area (Å²) in [7, 11) is 0. The first-order valence-electron chi connectivity index (χ1n) is 14.0. The van der Waals surface area contributed by atoms with Gasteiger partial charge >= 0.3 is 6.03 Å². The van der Waals surface area contributed by atoms with Gasteiger partial charge in [0.15, 0.2) is 0 Å². The zero-order chi connectivity index (χ0) is 29.6. The number of nitrogens with one attached hydrogen (secondary N) is 3. The maximum absolute atomic E-state index is 13.0. The molecule has 0 aromatic carbocycles. The van der Waals surface area contributed by atoms with Crippen LogP contribution in [0.1, 0.15) is 101 Å². The van der Waals surface area contributed by atoms with Crippen molar-refractivity contribution < 1.29 is 24.0 Å². The van der Waals surface area contributed by atoms with Gasteiger partial charge in [-0.2, -0.15) is 0 Å². The van der Waals surface area contributed by atoms with Crippen LogP contribution in [-0.4, -0.2) is 65.1 Å². The molecule has 0 spiro atoms. The van der Waals surface area contributed by atoms with E-state index in [0.29, 0.717) is 19.4 Å². The molecule has 2 aliphatic rings. The molecule has 0 radical (unpaired) electrons. The molecule has 5 amide bonds. The minimum atomic E-state index is -1.08. The lowest BCUT2D eigenvalue weighted by molar-refractivity contribution is -0.141. The summed E-state index contributed by atoms with van der Waals surface area (Å²) < 4.78 is 0. The summed E-state index contributed by atoms with van der Waals surface area (Å²) in [5, 5.41) is 7.89. The zero-order valence-corrected chi connectivity index (χ0v) is 25.1. The Morgan fingerprint density at radius 1 is 1.00 bits per heavy atom. The fraction of sp³-hybridized carbons (Fsp3) is 0.821. The number of hydrogen-bond acceptors (Lipinski definition) is 5. The summed E-state index contributed by atoms with van der Waals surface area (Å²) in [6, 6.07) is -2.22. The highest BCUT2D eigenvalue weighted by atomic mass is 16.2. The van der Waals surface area contributed by atoms with Crippen LogP contribution in [0.15, 0.2) is 0 Å². The van der Waals surface area contributed by atoms with Crippen molar-refractivity contribution in [1.82, 2.24) is 20.9 Å². The Labute approximate surface area is 229 Å². The average Bonchev–Trinajstić information content (AvgIpc) is 3.13. The lowest BCUT2D eigenvalue weighted by atomic mass is 9.80. The Morgan fingerprint density at radius 2 is 1.53 bits per heavy atom. The minimum absolute atomic E-state index is 0.125. The number of urea groups is 1. The topological polar surface area (TPSA) is 151 Å². The van der Waals surface area contributed by atoms with E-state index < -0.39 is 41.3 Å². The van der Waals surface area contributed by atoms with E-state index in [1.807, 2.05) is 27.7 Å². The van der Waals surface area contributed by atoms with Gasteiger partial charge in [0, 0.05) is 12.1 Å². The van der Waals surface area contributed by atoms with Crippen molar-refractivity contribution in [2.24, 2.45) is 23.5 Å². The summed E-state index contributed by atoms with van der Waals surface area (Å²) >= 11 is 0. The van der Waals surface area contributed by atoms with Crippen molar-refractivity contribution in [2.45, 2.75) is 118 Å². The number of carbonyl (C=O) groups is 5. The fourth-order valence-electron chi connectivity index (χ4n) is 3.99. The molecule has 1 aliphatic heterocycles. The molecule has 2 rings (SSSR count). The molecule has 3 unspecified atom stereocenters. The van der Waals surface area contributed by atoms with Crippen LogP contribution in [0.2, 0.25) is 0 Å². The molecule has 1 saturated carbocycles. The summed E-state index contributed by atoms with van der Waals surface area (Å²) in [6.07, 6.45) is 5.20. The maximum Gasteiger partial charge on any atom is 0.315 e. The molecule has 3 atom stereocenters. The summed E-state index contributed by atoms with van der Waals surface area (Å²) in [4.78, 5) is 62.7. The molecule has 1 aliphatic carbocycles. The SMILES string of the molecule is CC(C)C.CC1CCN(C(=O)CNC(=O)NC(C)(C)C)C1C(=O)NC(CC1CCC1)C(=O)C(N)=O.CCC. The second-order valence-electron chi connectivity index (χ2n) is 12.1. The van der Waals surface area contributed by atoms with Crippen LogP contribution in [-0.2, 0) is 19.2 Å². The van der Waals surface area contributed by atoms with Crippen LogP contribution in [0.25, 0.3) is 0 Å². The van der Waals surface area contributed by atoms with Crippen LogP contribution in [0, 0.1) is 17.8 Å². The molecule has 0 aromatic rings. The first-order valence-corrected chi connectivity index (χ1v) is 14.0. The molecule has 220 valence electrons. The maximum atomic E-state index is 13.0. The molecule has 1 saturated heterocycles. The normalized spacial score (nSPS) is 19.6. The first-order chi connectivity index (χ1) is 17.5. The van der Waals surface area contributed by atoms with Crippen molar-refractivity contribution in [2.75, 3.05) is 13.1 Å². The van der Waals surface area contributed by atoms with Gasteiger partial charge in [0.1, 0.15) is 6.04 Å². The summed E-state index contributed by atoms with van der Waals surface area (Å²) in [6.45, 7) is 18.2. The molecule has 2 fully saturated rings. The Bertz CT molecular complexity index is 786. The van der Waals surface area contributed by atoms with Crippen LogP contribution < -0.4 is 21.7 Å². The molecule has 1 heterocycles. The third kappa shape index (κ3) is 13.8. The van der Waals surface area contributed by atoms with Gasteiger partial charge in [0.2, 0.25) is 17.6 Å². The van der Waals surface area contributed by atoms with Crippen molar-refractivity contribution in [3.8, 4) is 0 Å². The monoisotopic (exact) mass is 539 g/mol. The van der Waals surface area contributed by atoms with Crippen molar-refractivity contribution in [1.29, 1.82) is 0 Å². The number of amides is 5. The molecule has 5 N–H and O–H groups in total. The highest BCUT2D eigenvalue weighted by Gasteiger charge is 2.41. The molecule has 10 heteroatoms. The number of nitrogens with zero attached hydrogens (tertiary/aromatic N) is 1.